The normalized spacial score (nSPS) is 35.7. The van der Waals surface area contributed by atoms with E-state index in [1.807, 2.05) is 6.92 Å². The SMILES string of the molecule is C#CC(C)NC1(CN)CCCC1C. The van der Waals surface area contributed by atoms with Gasteiger partial charge < -0.3 is 5.73 Å². The van der Waals surface area contributed by atoms with Gasteiger partial charge in [-0.2, -0.15) is 0 Å². The van der Waals surface area contributed by atoms with E-state index in [4.69, 9.17) is 12.2 Å². The molecule has 0 heterocycles. The molecule has 3 N–H and O–H groups in total. The molecule has 1 aliphatic carbocycles. The molecule has 0 amide bonds. The first kappa shape index (κ1) is 10.6. The van der Waals surface area contributed by atoms with E-state index in [0.717, 1.165) is 6.42 Å². The molecule has 13 heavy (non-hydrogen) atoms. The number of terminal acetylenes is 1. The maximum absolute atomic E-state index is 5.83. The lowest BCUT2D eigenvalue weighted by atomic mass is 9.87. The van der Waals surface area contributed by atoms with Crippen LogP contribution in [-0.4, -0.2) is 18.1 Å². The molecule has 3 atom stereocenters. The fourth-order valence-electron chi connectivity index (χ4n) is 2.30. The van der Waals surface area contributed by atoms with Crippen molar-refractivity contribution in [2.75, 3.05) is 6.54 Å². The van der Waals surface area contributed by atoms with Gasteiger partial charge in [-0.05, 0) is 25.7 Å². The van der Waals surface area contributed by atoms with Crippen LogP contribution in [0.25, 0.3) is 0 Å². The van der Waals surface area contributed by atoms with Gasteiger partial charge in [0, 0.05) is 12.1 Å². The van der Waals surface area contributed by atoms with Crippen LogP contribution in [0.4, 0.5) is 0 Å². The van der Waals surface area contributed by atoms with E-state index in [1.54, 1.807) is 0 Å². The van der Waals surface area contributed by atoms with E-state index < -0.39 is 0 Å². The van der Waals surface area contributed by atoms with Crippen LogP contribution in [0, 0.1) is 18.3 Å². The van der Waals surface area contributed by atoms with Crippen LogP contribution >= 0.6 is 0 Å². The highest BCUT2D eigenvalue weighted by molar-refractivity contribution is 5.05. The lowest BCUT2D eigenvalue weighted by Crippen LogP contribution is -2.55. The molecule has 0 bridgehead atoms. The minimum Gasteiger partial charge on any atom is -0.329 e. The van der Waals surface area contributed by atoms with Gasteiger partial charge >= 0.3 is 0 Å². The van der Waals surface area contributed by atoms with Gasteiger partial charge in [0.15, 0.2) is 0 Å². The van der Waals surface area contributed by atoms with Crippen molar-refractivity contribution in [3.8, 4) is 12.3 Å². The molecule has 2 nitrogen and oxygen atoms in total. The van der Waals surface area contributed by atoms with Crippen molar-refractivity contribution in [1.29, 1.82) is 0 Å². The third-order valence-electron chi connectivity index (χ3n) is 3.32. The standard InChI is InChI=1S/C11H20N2/c1-4-10(3)13-11(8-12)7-5-6-9(11)2/h1,9-10,13H,5-8,12H2,2-3H3. The molecule has 0 aromatic carbocycles. The highest BCUT2D eigenvalue weighted by Gasteiger charge is 2.39. The molecule has 1 fully saturated rings. The Morgan fingerprint density at radius 2 is 2.46 bits per heavy atom. The molecule has 74 valence electrons. The van der Waals surface area contributed by atoms with Gasteiger partial charge in [-0.15, -0.1) is 6.42 Å². The zero-order valence-corrected chi connectivity index (χ0v) is 8.64. The van der Waals surface area contributed by atoms with E-state index in [1.165, 1.54) is 12.8 Å². The monoisotopic (exact) mass is 180 g/mol. The molecule has 0 aromatic rings. The molecule has 0 saturated heterocycles. The van der Waals surface area contributed by atoms with Crippen LogP contribution < -0.4 is 11.1 Å². The van der Waals surface area contributed by atoms with Gasteiger partial charge in [0.2, 0.25) is 0 Å². The second kappa shape index (κ2) is 4.13. The van der Waals surface area contributed by atoms with Gasteiger partial charge in [0.25, 0.3) is 0 Å². The quantitative estimate of drug-likeness (QED) is 0.639. The molecule has 1 saturated carbocycles. The summed E-state index contributed by atoms with van der Waals surface area (Å²) >= 11 is 0. The Balaban J connectivity index is 2.65. The minimum absolute atomic E-state index is 0.103. The van der Waals surface area contributed by atoms with Crippen molar-refractivity contribution in [1.82, 2.24) is 5.32 Å². The summed E-state index contributed by atoms with van der Waals surface area (Å²) in [5.74, 6) is 3.35. The zero-order valence-electron chi connectivity index (χ0n) is 8.64. The number of nitrogens with one attached hydrogen (secondary N) is 1. The average Bonchev–Trinajstić information content (AvgIpc) is 2.48. The van der Waals surface area contributed by atoms with Crippen LogP contribution in [0.15, 0.2) is 0 Å². The summed E-state index contributed by atoms with van der Waals surface area (Å²) in [6.45, 7) is 4.97. The number of nitrogens with two attached hydrogens (primary N) is 1. The molecule has 0 aliphatic heterocycles. The summed E-state index contributed by atoms with van der Waals surface area (Å²) in [6.07, 6.45) is 9.05. The smallest absolute Gasteiger partial charge is 0.0663 e. The molecular weight excluding hydrogens is 160 g/mol. The van der Waals surface area contributed by atoms with E-state index in [9.17, 15) is 0 Å². The Labute approximate surface area is 81.3 Å². The van der Waals surface area contributed by atoms with Crippen molar-refractivity contribution in [2.24, 2.45) is 11.7 Å². The van der Waals surface area contributed by atoms with Crippen LogP contribution in [0.5, 0.6) is 0 Å². The Kier molecular flexibility index (Phi) is 3.35. The Bertz CT molecular complexity index is 207. The molecule has 0 radical (unpaired) electrons. The summed E-state index contributed by atoms with van der Waals surface area (Å²) in [4.78, 5) is 0. The first-order chi connectivity index (χ1) is 6.14. The number of hydrogen-bond donors (Lipinski definition) is 2. The maximum Gasteiger partial charge on any atom is 0.0663 e. The van der Waals surface area contributed by atoms with Gasteiger partial charge in [-0.1, -0.05) is 19.3 Å². The fourth-order valence-corrected chi connectivity index (χ4v) is 2.30. The average molecular weight is 180 g/mol. The van der Waals surface area contributed by atoms with Gasteiger partial charge in [-0.3, -0.25) is 5.32 Å². The molecular formula is C11H20N2. The van der Waals surface area contributed by atoms with Crippen LogP contribution in [-0.2, 0) is 0 Å². The van der Waals surface area contributed by atoms with Gasteiger partial charge in [0.1, 0.15) is 0 Å². The second-order valence-electron chi connectivity index (χ2n) is 4.19. The van der Waals surface area contributed by atoms with Crippen molar-refractivity contribution in [3.63, 3.8) is 0 Å². The largest absolute Gasteiger partial charge is 0.329 e. The topological polar surface area (TPSA) is 38.0 Å². The van der Waals surface area contributed by atoms with E-state index in [-0.39, 0.29) is 11.6 Å². The summed E-state index contributed by atoms with van der Waals surface area (Å²) < 4.78 is 0. The van der Waals surface area contributed by atoms with Crippen molar-refractivity contribution in [3.05, 3.63) is 0 Å². The Morgan fingerprint density at radius 3 is 2.85 bits per heavy atom. The maximum atomic E-state index is 5.83. The predicted molar refractivity (Wildman–Crippen MR) is 56.2 cm³/mol. The van der Waals surface area contributed by atoms with Gasteiger partial charge in [0.05, 0.1) is 6.04 Å². The van der Waals surface area contributed by atoms with Crippen molar-refractivity contribution < 1.29 is 0 Å². The molecule has 0 spiro atoms. The third kappa shape index (κ3) is 2.04. The van der Waals surface area contributed by atoms with Crippen LogP contribution in [0.3, 0.4) is 0 Å². The van der Waals surface area contributed by atoms with E-state index in [2.05, 4.69) is 18.2 Å². The fraction of sp³-hybridized carbons (Fsp3) is 0.818. The second-order valence-corrected chi connectivity index (χ2v) is 4.19. The lowest BCUT2D eigenvalue weighted by molar-refractivity contribution is 0.258. The Hall–Kier alpha value is -0.520. The molecule has 2 heteroatoms. The first-order valence-electron chi connectivity index (χ1n) is 5.08. The van der Waals surface area contributed by atoms with Crippen molar-refractivity contribution in [2.45, 2.75) is 44.7 Å². The molecule has 1 rings (SSSR count). The molecule has 3 unspecified atom stereocenters. The molecule has 1 aliphatic rings. The number of hydrogen-bond acceptors (Lipinski definition) is 2. The lowest BCUT2D eigenvalue weighted by Gasteiger charge is -2.35. The highest BCUT2D eigenvalue weighted by atomic mass is 15.0. The summed E-state index contributed by atoms with van der Waals surface area (Å²) in [5, 5.41) is 3.48. The number of rotatable bonds is 3. The molecule has 0 aromatic heterocycles. The third-order valence-corrected chi connectivity index (χ3v) is 3.32. The predicted octanol–water partition coefficient (Wildman–Crippen LogP) is 1.12. The summed E-state index contributed by atoms with van der Waals surface area (Å²) in [7, 11) is 0. The van der Waals surface area contributed by atoms with Gasteiger partial charge in [-0.25, -0.2) is 0 Å². The Morgan fingerprint density at radius 1 is 1.77 bits per heavy atom. The van der Waals surface area contributed by atoms with E-state index >= 15 is 0 Å². The first-order valence-corrected chi connectivity index (χ1v) is 5.08. The van der Waals surface area contributed by atoms with E-state index in [0.29, 0.717) is 12.5 Å². The van der Waals surface area contributed by atoms with Crippen molar-refractivity contribution >= 4 is 0 Å². The minimum atomic E-state index is 0.103. The summed E-state index contributed by atoms with van der Waals surface area (Å²) in [6, 6.07) is 0.129. The van der Waals surface area contributed by atoms with Crippen LogP contribution in [0.2, 0.25) is 0 Å². The summed E-state index contributed by atoms with van der Waals surface area (Å²) in [5.41, 5.74) is 5.93. The zero-order chi connectivity index (χ0) is 9.90. The highest BCUT2D eigenvalue weighted by Crippen LogP contribution is 2.34. The van der Waals surface area contributed by atoms with Crippen LogP contribution in [0.1, 0.15) is 33.1 Å².